The van der Waals surface area contributed by atoms with Crippen molar-refractivity contribution in [3.63, 3.8) is 0 Å². The van der Waals surface area contributed by atoms with E-state index < -0.39 is 36.1 Å². The lowest BCUT2D eigenvalue weighted by atomic mass is 10.0. The molecular weight excluding hydrogens is 363 g/mol. The minimum absolute atomic E-state index is 0.00342. The Balaban J connectivity index is 1.77. The average molecular weight is 383 g/mol. The molecule has 0 radical (unpaired) electrons. The van der Waals surface area contributed by atoms with Crippen LogP contribution in [-0.4, -0.2) is 29.0 Å². The topological polar surface area (TPSA) is 78.8 Å². The number of rotatable bonds is 8. The summed E-state index contributed by atoms with van der Waals surface area (Å²) in [6.45, 7) is 0.0943. The van der Waals surface area contributed by atoms with E-state index in [9.17, 15) is 28.2 Å². The molecule has 5 nitrogen and oxygen atoms in total. The Hall–Kier alpha value is -2.58. The van der Waals surface area contributed by atoms with Crippen LogP contribution in [0.3, 0.4) is 0 Å². The van der Waals surface area contributed by atoms with Crippen molar-refractivity contribution in [3.05, 3.63) is 71.0 Å². The van der Waals surface area contributed by atoms with E-state index in [2.05, 4.69) is 5.32 Å². The molecule has 0 aliphatic rings. The number of aliphatic hydroxyl groups excluding tert-OH is 2. The fraction of sp³-hybridized carbons (Fsp3) is 0.316. The molecule has 2 aromatic carbocycles. The Morgan fingerprint density at radius 3 is 2.44 bits per heavy atom. The highest BCUT2D eigenvalue weighted by Crippen LogP contribution is 2.26. The zero-order valence-corrected chi connectivity index (χ0v) is 14.3. The van der Waals surface area contributed by atoms with E-state index in [1.54, 1.807) is 12.1 Å². The maximum atomic E-state index is 13.6. The lowest BCUT2D eigenvalue weighted by Crippen LogP contribution is -2.29. The van der Waals surface area contributed by atoms with Crippen molar-refractivity contribution >= 4 is 6.09 Å². The van der Waals surface area contributed by atoms with Crippen LogP contribution in [0.25, 0.3) is 0 Å². The molecule has 0 heterocycles. The highest BCUT2D eigenvalue weighted by Gasteiger charge is 2.21. The molecule has 0 saturated carbocycles. The van der Waals surface area contributed by atoms with Gasteiger partial charge in [-0.2, -0.15) is 0 Å². The monoisotopic (exact) mass is 383 g/mol. The zero-order chi connectivity index (χ0) is 19.8. The summed E-state index contributed by atoms with van der Waals surface area (Å²) in [6, 6.07) is 11.8. The zero-order valence-electron chi connectivity index (χ0n) is 14.3. The van der Waals surface area contributed by atoms with Crippen LogP contribution < -0.4 is 5.32 Å². The Kier molecular flexibility index (Phi) is 7.63. The highest BCUT2D eigenvalue weighted by atomic mass is 19.3. The van der Waals surface area contributed by atoms with E-state index in [1.807, 2.05) is 18.2 Å². The van der Waals surface area contributed by atoms with Crippen LogP contribution in [0.5, 0.6) is 0 Å². The Morgan fingerprint density at radius 1 is 1.11 bits per heavy atom. The van der Waals surface area contributed by atoms with Gasteiger partial charge in [0.15, 0.2) is 0 Å². The van der Waals surface area contributed by atoms with Crippen molar-refractivity contribution in [2.75, 3.05) is 6.54 Å². The molecule has 0 bridgehead atoms. The van der Waals surface area contributed by atoms with Gasteiger partial charge in [-0.3, -0.25) is 0 Å². The quantitative estimate of drug-likeness (QED) is 0.652. The first-order valence-electron chi connectivity index (χ1n) is 8.26. The first-order valence-corrected chi connectivity index (χ1v) is 8.26. The number of ether oxygens (including phenoxy) is 1. The summed E-state index contributed by atoms with van der Waals surface area (Å²) >= 11 is 0. The number of hydrogen-bond donors (Lipinski definition) is 3. The lowest BCUT2D eigenvalue weighted by molar-refractivity contribution is 0.0134. The normalized spacial score (nSPS) is 13.3. The van der Waals surface area contributed by atoms with Gasteiger partial charge in [-0.25, -0.2) is 18.0 Å². The molecule has 0 saturated heterocycles. The van der Waals surface area contributed by atoms with Crippen LogP contribution in [-0.2, 0) is 11.3 Å². The van der Waals surface area contributed by atoms with Gasteiger partial charge in [-0.05, 0) is 23.6 Å². The van der Waals surface area contributed by atoms with Crippen LogP contribution in [0, 0.1) is 5.82 Å². The summed E-state index contributed by atoms with van der Waals surface area (Å²) in [5.41, 5.74) is 0.0108. The smallest absolute Gasteiger partial charge is 0.407 e. The van der Waals surface area contributed by atoms with Crippen molar-refractivity contribution in [1.29, 1.82) is 0 Å². The van der Waals surface area contributed by atoms with Crippen LogP contribution >= 0.6 is 0 Å². The highest BCUT2D eigenvalue weighted by molar-refractivity contribution is 5.67. The molecule has 0 fully saturated rings. The largest absolute Gasteiger partial charge is 0.445 e. The van der Waals surface area contributed by atoms with Crippen molar-refractivity contribution in [1.82, 2.24) is 5.32 Å². The molecule has 1 amide bonds. The van der Waals surface area contributed by atoms with Crippen LogP contribution in [0.2, 0.25) is 0 Å². The summed E-state index contributed by atoms with van der Waals surface area (Å²) in [7, 11) is 0. The van der Waals surface area contributed by atoms with E-state index in [4.69, 9.17) is 4.74 Å². The fourth-order valence-corrected chi connectivity index (χ4v) is 2.38. The first kappa shape index (κ1) is 20.7. The molecule has 2 aromatic rings. The molecule has 2 rings (SSSR count). The van der Waals surface area contributed by atoms with E-state index in [0.717, 1.165) is 23.8 Å². The summed E-state index contributed by atoms with van der Waals surface area (Å²) in [4.78, 5) is 11.6. The molecule has 3 N–H and O–H groups in total. The number of carbonyl (C=O) groups excluding carboxylic acids is 1. The molecule has 2 unspecified atom stereocenters. The van der Waals surface area contributed by atoms with Gasteiger partial charge in [0, 0.05) is 6.54 Å². The van der Waals surface area contributed by atoms with Gasteiger partial charge in [0.05, 0.1) is 11.7 Å². The molecule has 146 valence electrons. The fourth-order valence-electron chi connectivity index (χ4n) is 2.38. The number of hydrogen-bond acceptors (Lipinski definition) is 4. The van der Waals surface area contributed by atoms with E-state index in [1.165, 1.54) is 0 Å². The van der Waals surface area contributed by atoms with Crippen molar-refractivity contribution in [2.24, 2.45) is 0 Å². The second-order valence-electron chi connectivity index (χ2n) is 5.87. The van der Waals surface area contributed by atoms with Crippen molar-refractivity contribution in [3.8, 4) is 0 Å². The third-order valence-corrected chi connectivity index (χ3v) is 3.89. The SMILES string of the molecule is O=C(NCCC(O)C(O)c1ccc(C(F)F)c(F)c1)OCc1ccccc1. The number of carbonyl (C=O) groups is 1. The van der Waals surface area contributed by atoms with Crippen LogP contribution in [0.4, 0.5) is 18.0 Å². The number of nitrogens with one attached hydrogen (secondary N) is 1. The molecule has 0 spiro atoms. The van der Waals surface area contributed by atoms with Crippen molar-refractivity contribution < 1.29 is 32.9 Å². The number of amides is 1. The van der Waals surface area contributed by atoms with Crippen LogP contribution in [0.1, 0.15) is 35.6 Å². The average Bonchev–Trinajstić information content (AvgIpc) is 2.66. The van der Waals surface area contributed by atoms with Gasteiger partial charge in [-0.15, -0.1) is 0 Å². The number of alkyl halides is 2. The number of benzene rings is 2. The minimum Gasteiger partial charge on any atom is -0.445 e. The molecule has 27 heavy (non-hydrogen) atoms. The third-order valence-electron chi connectivity index (χ3n) is 3.89. The van der Waals surface area contributed by atoms with Gasteiger partial charge in [-0.1, -0.05) is 42.5 Å². The number of alkyl carbamates (subject to hydrolysis) is 1. The van der Waals surface area contributed by atoms with Gasteiger partial charge < -0.3 is 20.3 Å². The summed E-state index contributed by atoms with van der Waals surface area (Å²) < 4.78 is 43.6. The first-order chi connectivity index (χ1) is 12.9. The summed E-state index contributed by atoms with van der Waals surface area (Å²) in [5, 5.41) is 22.4. The summed E-state index contributed by atoms with van der Waals surface area (Å²) in [6.07, 6.45) is -6.50. The van der Waals surface area contributed by atoms with E-state index in [-0.39, 0.29) is 25.1 Å². The maximum absolute atomic E-state index is 13.6. The number of halogens is 3. The minimum atomic E-state index is -2.97. The molecule has 0 aromatic heterocycles. The van der Waals surface area contributed by atoms with Gasteiger partial charge in [0.25, 0.3) is 6.43 Å². The maximum Gasteiger partial charge on any atom is 0.407 e. The van der Waals surface area contributed by atoms with Crippen LogP contribution in [0.15, 0.2) is 48.5 Å². The van der Waals surface area contributed by atoms with E-state index >= 15 is 0 Å². The summed E-state index contributed by atoms with van der Waals surface area (Å²) in [5.74, 6) is -1.16. The van der Waals surface area contributed by atoms with Crippen molar-refractivity contribution in [2.45, 2.75) is 31.7 Å². The molecule has 2 atom stereocenters. The second-order valence-corrected chi connectivity index (χ2v) is 5.87. The Labute approximate surface area is 154 Å². The molecular formula is C19H20F3NO4. The third kappa shape index (κ3) is 6.26. The standard InChI is InChI=1S/C19H20F3NO4/c20-15-10-13(6-7-14(15)18(21)22)17(25)16(24)8-9-23-19(26)27-11-12-4-2-1-3-5-12/h1-7,10,16-18,24-25H,8-9,11H2,(H,23,26). The predicted octanol–water partition coefficient (Wildman–Crippen LogP) is 3.47. The van der Waals surface area contributed by atoms with Gasteiger partial charge in [0.1, 0.15) is 18.5 Å². The van der Waals surface area contributed by atoms with Gasteiger partial charge in [0.2, 0.25) is 0 Å². The van der Waals surface area contributed by atoms with Gasteiger partial charge >= 0.3 is 6.09 Å². The molecule has 0 aliphatic carbocycles. The second kappa shape index (κ2) is 9.94. The predicted molar refractivity (Wildman–Crippen MR) is 91.6 cm³/mol. The van der Waals surface area contributed by atoms with E-state index in [0.29, 0.717) is 0 Å². The molecule has 8 heteroatoms. The lowest BCUT2D eigenvalue weighted by Gasteiger charge is -2.19. The Morgan fingerprint density at radius 2 is 1.81 bits per heavy atom. The molecule has 0 aliphatic heterocycles. The number of aliphatic hydroxyl groups is 2. The Bertz CT molecular complexity index is 743.